The van der Waals surface area contributed by atoms with Crippen molar-refractivity contribution in [2.24, 2.45) is 11.8 Å². The number of carbonyl (C=O) groups excluding carboxylic acids is 1. The van der Waals surface area contributed by atoms with E-state index in [1.54, 1.807) is 0 Å². The van der Waals surface area contributed by atoms with Crippen molar-refractivity contribution < 1.29 is 4.79 Å². The molecule has 2 rings (SSSR count). The Kier molecular flexibility index (Phi) is 4.79. The fraction of sp³-hybridized carbons (Fsp3) is 0.611. The van der Waals surface area contributed by atoms with Crippen LogP contribution in [-0.4, -0.2) is 5.78 Å². The monoisotopic (exact) mass is 258 g/mol. The number of benzene rings is 1. The lowest BCUT2D eigenvalue weighted by Gasteiger charge is -2.27. The molecule has 1 fully saturated rings. The number of hydrogen-bond acceptors (Lipinski definition) is 1. The molecule has 1 aromatic carbocycles. The van der Waals surface area contributed by atoms with Crippen LogP contribution in [-0.2, 0) is 11.2 Å². The second-order valence-corrected chi connectivity index (χ2v) is 6.15. The van der Waals surface area contributed by atoms with Gasteiger partial charge in [-0.1, -0.05) is 44.4 Å². The van der Waals surface area contributed by atoms with E-state index in [1.165, 1.54) is 36.0 Å². The van der Waals surface area contributed by atoms with E-state index in [1.807, 2.05) is 0 Å². The van der Waals surface area contributed by atoms with E-state index in [0.717, 1.165) is 18.8 Å². The van der Waals surface area contributed by atoms with E-state index in [2.05, 4.69) is 39.0 Å². The fourth-order valence-electron chi connectivity index (χ4n) is 3.40. The molecule has 19 heavy (non-hydrogen) atoms. The Morgan fingerprint density at radius 3 is 2.53 bits per heavy atom. The van der Waals surface area contributed by atoms with E-state index in [9.17, 15) is 4.79 Å². The first kappa shape index (κ1) is 14.3. The molecule has 0 amide bonds. The van der Waals surface area contributed by atoms with Crippen LogP contribution in [0.15, 0.2) is 18.2 Å². The summed E-state index contributed by atoms with van der Waals surface area (Å²) in [6.45, 7) is 6.49. The van der Waals surface area contributed by atoms with Crippen LogP contribution in [0.5, 0.6) is 0 Å². The predicted octanol–water partition coefficient (Wildman–Crippen LogP) is 4.63. The molecule has 1 nitrogen and oxygen atoms in total. The van der Waals surface area contributed by atoms with Gasteiger partial charge in [-0.2, -0.15) is 0 Å². The molecule has 1 saturated carbocycles. The van der Waals surface area contributed by atoms with Crippen molar-refractivity contribution in [2.45, 2.75) is 59.3 Å². The summed E-state index contributed by atoms with van der Waals surface area (Å²) in [5, 5.41) is 0. The summed E-state index contributed by atoms with van der Waals surface area (Å²) >= 11 is 0. The van der Waals surface area contributed by atoms with Crippen LogP contribution >= 0.6 is 0 Å². The van der Waals surface area contributed by atoms with Gasteiger partial charge in [-0.25, -0.2) is 0 Å². The lowest BCUT2D eigenvalue weighted by molar-refractivity contribution is -0.123. The molecule has 0 bridgehead atoms. The highest BCUT2D eigenvalue weighted by atomic mass is 16.1. The Morgan fingerprint density at radius 1 is 1.21 bits per heavy atom. The van der Waals surface area contributed by atoms with E-state index >= 15 is 0 Å². The second-order valence-electron chi connectivity index (χ2n) is 6.15. The number of aryl methyl sites for hydroxylation is 2. The summed E-state index contributed by atoms with van der Waals surface area (Å²) in [5.41, 5.74) is 3.78. The van der Waals surface area contributed by atoms with Crippen molar-refractivity contribution in [3.63, 3.8) is 0 Å². The Balaban J connectivity index is 2.04. The Morgan fingerprint density at radius 2 is 1.89 bits per heavy atom. The van der Waals surface area contributed by atoms with Crippen LogP contribution in [0.3, 0.4) is 0 Å². The third kappa shape index (κ3) is 3.46. The van der Waals surface area contributed by atoms with E-state index < -0.39 is 0 Å². The molecular weight excluding hydrogens is 232 g/mol. The molecule has 0 N–H and O–H groups in total. The minimum Gasteiger partial charge on any atom is -0.299 e. The first-order valence-corrected chi connectivity index (χ1v) is 7.69. The molecule has 0 aromatic heterocycles. The van der Waals surface area contributed by atoms with Gasteiger partial charge in [-0.3, -0.25) is 4.79 Å². The standard InChI is InChI=1S/C18H26O/c1-4-15-9-6-10-16(11-15)18(19)12-17-13(2)7-5-8-14(17)3/h5,7-8,15-16H,4,6,9-12H2,1-3H3. The van der Waals surface area contributed by atoms with Crippen LogP contribution in [0.25, 0.3) is 0 Å². The molecule has 104 valence electrons. The van der Waals surface area contributed by atoms with Gasteiger partial charge in [0.15, 0.2) is 0 Å². The van der Waals surface area contributed by atoms with Crippen molar-refractivity contribution in [3.05, 3.63) is 34.9 Å². The zero-order valence-electron chi connectivity index (χ0n) is 12.5. The highest BCUT2D eigenvalue weighted by molar-refractivity contribution is 5.84. The van der Waals surface area contributed by atoms with Crippen LogP contribution < -0.4 is 0 Å². The molecule has 1 aromatic rings. The number of hydrogen-bond donors (Lipinski definition) is 0. The van der Waals surface area contributed by atoms with E-state index in [4.69, 9.17) is 0 Å². The number of ketones is 1. The van der Waals surface area contributed by atoms with Crippen LogP contribution in [0.2, 0.25) is 0 Å². The van der Waals surface area contributed by atoms with Gasteiger partial charge < -0.3 is 0 Å². The van der Waals surface area contributed by atoms with Crippen LogP contribution in [0, 0.1) is 25.7 Å². The maximum atomic E-state index is 12.5. The highest BCUT2D eigenvalue weighted by Gasteiger charge is 2.26. The topological polar surface area (TPSA) is 17.1 Å². The van der Waals surface area contributed by atoms with Gasteiger partial charge >= 0.3 is 0 Å². The number of carbonyl (C=O) groups is 1. The predicted molar refractivity (Wildman–Crippen MR) is 80.4 cm³/mol. The van der Waals surface area contributed by atoms with Gasteiger partial charge in [0.2, 0.25) is 0 Å². The van der Waals surface area contributed by atoms with Gasteiger partial charge in [0.25, 0.3) is 0 Å². The third-order valence-corrected chi connectivity index (χ3v) is 4.81. The SMILES string of the molecule is CCC1CCCC(C(=O)Cc2c(C)cccc2C)C1. The highest BCUT2D eigenvalue weighted by Crippen LogP contribution is 2.32. The number of rotatable bonds is 4. The minimum absolute atomic E-state index is 0.317. The molecule has 0 heterocycles. The van der Waals surface area contributed by atoms with E-state index in [0.29, 0.717) is 18.1 Å². The zero-order valence-corrected chi connectivity index (χ0v) is 12.5. The smallest absolute Gasteiger partial charge is 0.140 e. The Hall–Kier alpha value is -1.11. The number of Topliss-reactive ketones (excluding diaryl/α,β-unsaturated/α-hetero) is 1. The van der Waals surface area contributed by atoms with Crippen molar-refractivity contribution in [3.8, 4) is 0 Å². The largest absolute Gasteiger partial charge is 0.299 e. The summed E-state index contributed by atoms with van der Waals surface area (Å²) in [6.07, 6.45) is 6.67. The van der Waals surface area contributed by atoms with Gasteiger partial charge in [-0.15, -0.1) is 0 Å². The lowest BCUT2D eigenvalue weighted by atomic mass is 9.77. The maximum absolute atomic E-state index is 12.5. The molecule has 0 saturated heterocycles. The molecule has 2 atom stereocenters. The maximum Gasteiger partial charge on any atom is 0.140 e. The molecule has 0 spiro atoms. The molecular formula is C18H26O. The quantitative estimate of drug-likeness (QED) is 0.769. The second kappa shape index (κ2) is 6.36. The summed E-state index contributed by atoms with van der Waals surface area (Å²) in [6, 6.07) is 6.31. The summed E-state index contributed by atoms with van der Waals surface area (Å²) in [4.78, 5) is 12.5. The first-order chi connectivity index (χ1) is 9.11. The van der Waals surface area contributed by atoms with Gasteiger partial charge in [0.05, 0.1) is 0 Å². The third-order valence-electron chi connectivity index (χ3n) is 4.81. The van der Waals surface area contributed by atoms with Crippen molar-refractivity contribution in [1.82, 2.24) is 0 Å². The molecule has 0 radical (unpaired) electrons. The molecule has 1 aliphatic carbocycles. The molecule has 1 heteroatoms. The Labute approximate surface area is 117 Å². The normalized spacial score (nSPS) is 23.3. The molecule has 2 unspecified atom stereocenters. The van der Waals surface area contributed by atoms with E-state index in [-0.39, 0.29) is 0 Å². The minimum atomic E-state index is 0.317. The van der Waals surface area contributed by atoms with Gasteiger partial charge in [0, 0.05) is 12.3 Å². The summed E-state index contributed by atoms with van der Waals surface area (Å²) < 4.78 is 0. The lowest BCUT2D eigenvalue weighted by Crippen LogP contribution is -2.24. The van der Waals surface area contributed by atoms with Crippen LogP contribution in [0.4, 0.5) is 0 Å². The summed E-state index contributed by atoms with van der Waals surface area (Å²) in [7, 11) is 0. The average molecular weight is 258 g/mol. The molecule has 1 aliphatic rings. The molecule has 0 aliphatic heterocycles. The fourth-order valence-corrected chi connectivity index (χ4v) is 3.40. The van der Waals surface area contributed by atoms with Crippen molar-refractivity contribution in [2.75, 3.05) is 0 Å². The zero-order chi connectivity index (χ0) is 13.8. The average Bonchev–Trinajstić information content (AvgIpc) is 2.43. The van der Waals surface area contributed by atoms with Gasteiger partial charge in [0.1, 0.15) is 5.78 Å². The first-order valence-electron chi connectivity index (χ1n) is 7.69. The Bertz CT molecular complexity index is 427. The van der Waals surface area contributed by atoms with Crippen molar-refractivity contribution in [1.29, 1.82) is 0 Å². The van der Waals surface area contributed by atoms with Crippen molar-refractivity contribution >= 4 is 5.78 Å². The van der Waals surface area contributed by atoms with Gasteiger partial charge in [-0.05, 0) is 49.3 Å². The van der Waals surface area contributed by atoms with Crippen LogP contribution in [0.1, 0.15) is 55.7 Å². The summed E-state index contributed by atoms with van der Waals surface area (Å²) in [5.74, 6) is 1.56.